The average molecular weight is 335 g/mol. The maximum Gasteiger partial charge on any atom is 0.416 e. The molecule has 8 heteroatoms. The zero-order chi connectivity index (χ0) is 15.6. The van der Waals surface area contributed by atoms with E-state index in [0.29, 0.717) is 0 Å². The molecule has 0 saturated heterocycles. The predicted octanol–water partition coefficient (Wildman–Crippen LogP) is 4.66. The number of carbonyl (C=O) groups excluding carboxylic acids is 1. The summed E-state index contributed by atoms with van der Waals surface area (Å²) < 4.78 is 38.0. The third-order valence-corrected chi connectivity index (χ3v) is 2.89. The Kier molecular flexibility index (Phi) is 4.39. The third-order valence-electron chi connectivity index (χ3n) is 2.44. The second-order valence-corrected chi connectivity index (χ2v) is 4.91. The highest BCUT2D eigenvalue weighted by Gasteiger charge is 2.31. The van der Waals surface area contributed by atoms with Gasteiger partial charge in [0.2, 0.25) is 0 Å². The summed E-state index contributed by atoms with van der Waals surface area (Å²) in [5.41, 5.74) is -1.05. The minimum absolute atomic E-state index is 0.0176. The summed E-state index contributed by atoms with van der Waals surface area (Å²) in [7, 11) is 0. The standard InChI is InChI=1S/C13H7Cl2F3N2O/c14-8-1-2-19-11(6-8)12(21)20-10-4-7(13(16,17)18)3-9(15)5-10/h1-6H,(H,20,21). The molecular weight excluding hydrogens is 328 g/mol. The lowest BCUT2D eigenvalue weighted by atomic mass is 10.2. The zero-order valence-corrected chi connectivity index (χ0v) is 11.7. The zero-order valence-electron chi connectivity index (χ0n) is 10.2. The smallest absolute Gasteiger partial charge is 0.321 e. The van der Waals surface area contributed by atoms with Crippen molar-refractivity contribution in [3.63, 3.8) is 0 Å². The fraction of sp³-hybridized carbons (Fsp3) is 0.0769. The number of benzene rings is 1. The van der Waals surface area contributed by atoms with Gasteiger partial charge in [0, 0.05) is 21.9 Å². The van der Waals surface area contributed by atoms with Crippen molar-refractivity contribution in [3.05, 3.63) is 57.8 Å². The Morgan fingerprint density at radius 2 is 1.81 bits per heavy atom. The molecular formula is C13H7Cl2F3N2O. The maximum absolute atomic E-state index is 12.7. The highest BCUT2D eigenvalue weighted by Crippen LogP contribution is 2.33. The lowest BCUT2D eigenvalue weighted by Crippen LogP contribution is -2.14. The Balaban J connectivity index is 2.27. The van der Waals surface area contributed by atoms with E-state index in [-0.39, 0.29) is 21.4 Å². The Labute approximate surface area is 127 Å². The van der Waals surface area contributed by atoms with E-state index in [0.717, 1.165) is 12.1 Å². The summed E-state index contributed by atoms with van der Waals surface area (Å²) in [6.45, 7) is 0. The van der Waals surface area contributed by atoms with Crippen LogP contribution < -0.4 is 5.32 Å². The normalized spacial score (nSPS) is 11.3. The monoisotopic (exact) mass is 334 g/mol. The molecule has 0 aliphatic heterocycles. The molecule has 1 N–H and O–H groups in total. The number of nitrogens with one attached hydrogen (secondary N) is 1. The van der Waals surface area contributed by atoms with E-state index in [1.165, 1.54) is 24.4 Å². The van der Waals surface area contributed by atoms with Crippen LogP contribution in [-0.2, 0) is 6.18 Å². The van der Waals surface area contributed by atoms with Gasteiger partial charge in [-0.1, -0.05) is 23.2 Å². The van der Waals surface area contributed by atoms with E-state index in [1.807, 2.05) is 0 Å². The van der Waals surface area contributed by atoms with Gasteiger partial charge in [0.05, 0.1) is 5.56 Å². The van der Waals surface area contributed by atoms with Gasteiger partial charge in [-0.05, 0) is 30.3 Å². The number of halogens is 5. The number of pyridine rings is 1. The molecule has 1 amide bonds. The predicted molar refractivity (Wildman–Crippen MR) is 73.7 cm³/mol. The molecule has 0 aliphatic rings. The van der Waals surface area contributed by atoms with Crippen LogP contribution in [0.3, 0.4) is 0 Å². The van der Waals surface area contributed by atoms with Gasteiger partial charge < -0.3 is 5.32 Å². The number of hydrogen-bond donors (Lipinski definition) is 1. The Morgan fingerprint density at radius 1 is 1.10 bits per heavy atom. The van der Waals surface area contributed by atoms with Crippen LogP contribution in [0.2, 0.25) is 10.0 Å². The van der Waals surface area contributed by atoms with Crippen molar-refractivity contribution in [1.82, 2.24) is 4.98 Å². The molecule has 0 atom stereocenters. The van der Waals surface area contributed by atoms with Crippen LogP contribution in [-0.4, -0.2) is 10.9 Å². The number of anilines is 1. The van der Waals surface area contributed by atoms with Crippen molar-refractivity contribution >= 4 is 34.8 Å². The van der Waals surface area contributed by atoms with Gasteiger partial charge >= 0.3 is 6.18 Å². The van der Waals surface area contributed by atoms with Crippen LogP contribution in [0.1, 0.15) is 16.1 Å². The molecule has 1 heterocycles. The molecule has 0 radical (unpaired) electrons. The summed E-state index contributed by atoms with van der Waals surface area (Å²) in [6.07, 6.45) is -3.24. The average Bonchev–Trinajstić information content (AvgIpc) is 2.37. The van der Waals surface area contributed by atoms with Crippen molar-refractivity contribution < 1.29 is 18.0 Å². The Bertz CT molecular complexity index is 689. The van der Waals surface area contributed by atoms with Crippen molar-refractivity contribution in [2.45, 2.75) is 6.18 Å². The molecule has 3 nitrogen and oxygen atoms in total. The molecule has 1 aromatic carbocycles. The molecule has 0 unspecified atom stereocenters. The summed E-state index contributed by atoms with van der Waals surface area (Å²) in [4.78, 5) is 15.7. The molecule has 110 valence electrons. The number of carbonyl (C=O) groups is 1. The van der Waals surface area contributed by atoms with Crippen molar-refractivity contribution in [3.8, 4) is 0 Å². The number of aromatic nitrogens is 1. The molecule has 0 saturated carbocycles. The minimum atomic E-state index is -4.56. The highest BCUT2D eigenvalue weighted by molar-refractivity contribution is 6.31. The maximum atomic E-state index is 12.7. The van der Waals surface area contributed by atoms with E-state index >= 15 is 0 Å². The van der Waals surface area contributed by atoms with Crippen LogP contribution in [0.4, 0.5) is 18.9 Å². The molecule has 21 heavy (non-hydrogen) atoms. The largest absolute Gasteiger partial charge is 0.416 e. The first-order valence-corrected chi connectivity index (χ1v) is 6.32. The van der Waals surface area contributed by atoms with Crippen molar-refractivity contribution in [2.24, 2.45) is 0 Å². The highest BCUT2D eigenvalue weighted by atomic mass is 35.5. The number of hydrogen-bond acceptors (Lipinski definition) is 2. The van der Waals surface area contributed by atoms with E-state index < -0.39 is 17.6 Å². The Hall–Kier alpha value is -1.79. The summed E-state index contributed by atoms with van der Waals surface area (Å²) in [6, 6.07) is 5.54. The van der Waals surface area contributed by atoms with E-state index in [9.17, 15) is 18.0 Å². The van der Waals surface area contributed by atoms with Gasteiger partial charge in [0.15, 0.2) is 0 Å². The van der Waals surface area contributed by atoms with Crippen LogP contribution in [0.15, 0.2) is 36.5 Å². The van der Waals surface area contributed by atoms with E-state index in [2.05, 4.69) is 10.3 Å². The number of alkyl halides is 3. The summed E-state index contributed by atoms with van der Waals surface area (Å²) >= 11 is 11.3. The molecule has 0 bridgehead atoms. The second-order valence-electron chi connectivity index (χ2n) is 4.04. The fourth-order valence-electron chi connectivity index (χ4n) is 1.55. The minimum Gasteiger partial charge on any atom is -0.321 e. The van der Waals surface area contributed by atoms with Crippen molar-refractivity contribution in [2.75, 3.05) is 5.32 Å². The van der Waals surface area contributed by atoms with Gasteiger partial charge in [0.1, 0.15) is 5.69 Å². The molecule has 2 rings (SSSR count). The summed E-state index contributed by atoms with van der Waals surface area (Å²) in [5, 5.41) is 2.44. The first-order valence-electron chi connectivity index (χ1n) is 5.56. The van der Waals surface area contributed by atoms with Gasteiger partial charge in [-0.25, -0.2) is 0 Å². The number of nitrogens with zero attached hydrogens (tertiary/aromatic N) is 1. The number of amides is 1. The Morgan fingerprint density at radius 3 is 2.43 bits per heavy atom. The molecule has 0 aliphatic carbocycles. The lowest BCUT2D eigenvalue weighted by molar-refractivity contribution is -0.137. The van der Waals surface area contributed by atoms with E-state index in [4.69, 9.17) is 23.2 Å². The van der Waals surface area contributed by atoms with Crippen LogP contribution in [0, 0.1) is 0 Å². The molecule has 2 aromatic rings. The van der Waals surface area contributed by atoms with Crippen LogP contribution in [0.5, 0.6) is 0 Å². The summed E-state index contributed by atoms with van der Waals surface area (Å²) in [5.74, 6) is -0.687. The first kappa shape index (κ1) is 15.6. The molecule has 1 aromatic heterocycles. The van der Waals surface area contributed by atoms with Gasteiger partial charge in [-0.3, -0.25) is 9.78 Å². The van der Waals surface area contributed by atoms with Crippen LogP contribution >= 0.6 is 23.2 Å². The van der Waals surface area contributed by atoms with Gasteiger partial charge in [-0.2, -0.15) is 13.2 Å². The van der Waals surface area contributed by atoms with Crippen molar-refractivity contribution in [1.29, 1.82) is 0 Å². The third kappa shape index (κ3) is 4.09. The van der Waals surface area contributed by atoms with Gasteiger partial charge in [0.25, 0.3) is 5.91 Å². The topological polar surface area (TPSA) is 42.0 Å². The molecule has 0 spiro atoms. The molecule has 0 fully saturated rings. The SMILES string of the molecule is O=C(Nc1cc(Cl)cc(C(F)(F)F)c1)c1cc(Cl)ccn1. The second kappa shape index (κ2) is 5.91. The fourth-order valence-corrected chi connectivity index (χ4v) is 1.94. The lowest BCUT2D eigenvalue weighted by Gasteiger charge is -2.11. The first-order chi connectivity index (χ1) is 9.75. The quantitative estimate of drug-likeness (QED) is 0.867. The van der Waals surface area contributed by atoms with Crippen LogP contribution in [0.25, 0.3) is 0 Å². The number of rotatable bonds is 2. The van der Waals surface area contributed by atoms with Gasteiger partial charge in [-0.15, -0.1) is 0 Å². The van der Waals surface area contributed by atoms with E-state index in [1.54, 1.807) is 0 Å².